The van der Waals surface area contributed by atoms with Crippen LogP contribution in [0.3, 0.4) is 0 Å². The van der Waals surface area contributed by atoms with Crippen LogP contribution in [0.4, 0.5) is 13.2 Å². The second-order valence-electron chi connectivity index (χ2n) is 7.86. The van der Waals surface area contributed by atoms with Crippen LogP contribution in [0.1, 0.15) is 12.5 Å². The van der Waals surface area contributed by atoms with Gasteiger partial charge in [0.05, 0.1) is 25.5 Å². The predicted molar refractivity (Wildman–Crippen MR) is 126 cm³/mol. The largest absolute Gasteiger partial charge is 0.394 e. The summed E-state index contributed by atoms with van der Waals surface area (Å²) in [6.45, 7) is 0.914. The Bertz CT molecular complexity index is 1080. The van der Waals surface area contributed by atoms with Crippen molar-refractivity contribution in [3.63, 3.8) is 0 Å². The van der Waals surface area contributed by atoms with E-state index in [0.717, 1.165) is 17.7 Å². The number of benzene rings is 2. The summed E-state index contributed by atoms with van der Waals surface area (Å²) in [5, 5.41) is 38.5. The van der Waals surface area contributed by atoms with E-state index in [-0.39, 0.29) is 17.8 Å². The highest BCUT2D eigenvalue weighted by atomic mass is 35.5. The molecule has 7 nitrogen and oxygen atoms in total. The minimum Gasteiger partial charge on any atom is -0.394 e. The van der Waals surface area contributed by atoms with Gasteiger partial charge in [-0.2, -0.15) is 0 Å². The molecule has 190 valence electrons. The summed E-state index contributed by atoms with van der Waals surface area (Å²) < 4.78 is 47.4. The van der Waals surface area contributed by atoms with Crippen molar-refractivity contribution in [2.24, 2.45) is 0 Å². The molecule has 1 aromatic heterocycles. The van der Waals surface area contributed by atoms with Crippen LogP contribution in [0.15, 0.2) is 42.6 Å². The number of halogens is 4. The summed E-state index contributed by atoms with van der Waals surface area (Å²) in [5.41, 5.74) is 0.258. The van der Waals surface area contributed by atoms with E-state index < -0.39 is 47.8 Å². The molecule has 0 spiro atoms. The van der Waals surface area contributed by atoms with Gasteiger partial charge in [-0.25, -0.2) is 17.9 Å². The number of hydrogen-bond acceptors (Lipinski definition) is 7. The molecule has 0 aliphatic carbocycles. The van der Waals surface area contributed by atoms with E-state index in [9.17, 15) is 28.5 Å². The molecule has 0 aliphatic heterocycles. The van der Waals surface area contributed by atoms with Crippen LogP contribution in [-0.4, -0.2) is 66.4 Å². The summed E-state index contributed by atoms with van der Waals surface area (Å²) in [7, 11) is 0. The molecule has 4 atom stereocenters. The number of aryl methyl sites for hydroxylation is 1. The molecule has 0 saturated carbocycles. The number of ether oxygens (including phenoxy) is 1. The van der Waals surface area contributed by atoms with E-state index in [4.69, 9.17) is 16.3 Å². The van der Waals surface area contributed by atoms with Gasteiger partial charge in [0.15, 0.2) is 17.5 Å². The average molecular weight is 532 g/mol. The van der Waals surface area contributed by atoms with Gasteiger partial charge in [-0.05, 0) is 48.9 Å². The molecule has 2 unspecified atom stereocenters. The molecule has 2 aromatic carbocycles. The zero-order chi connectivity index (χ0) is 25.5. The van der Waals surface area contributed by atoms with Gasteiger partial charge in [0.1, 0.15) is 23.3 Å². The molecular formula is C23H25ClF3N3O4S. The van der Waals surface area contributed by atoms with Crippen LogP contribution in [0.2, 0.25) is 5.02 Å². The Labute approximate surface area is 209 Å². The van der Waals surface area contributed by atoms with Crippen molar-refractivity contribution in [2.75, 3.05) is 12.4 Å². The summed E-state index contributed by atoms with van der Waals surface area (Å²) in [4.78, 5) is 0. The summed E-state index contributed by atoms with van der Waals surface area (Å²) >= 11 is 7.20. The second kappa shape index (κ2) is 12.7. The lowest BCUT2D eigenvalue weighted by atomic mass is 10.1. The summed E-state index contributed by atoms with van der Waals surface area (Å²) in [6, 6.07) is 8.94. The van der Waals surface area contributed by atoms with Gasteiger partial charge < -0.3 is 20.1 Å². The third-order valence-corrected chi connectivity index (χ3v) is 6.57. The molecule has 0 radical (unpaired) electrons. The normalized spacial score (nSPS) is 15.1. The van der Waals surface area contributed by atoms with Gasteiger partial charge >= 0.3 is 0 Å². The van der Waals surface area contributed by atoms with Crippen molar-refractivity contribution in [1.82, 2.24) is 15.0 Å². The number of nitrogens with zero attached hydrogens (tertiary/aromatic N) is 3. The van der Waals surface area contributed by atoms with Gasteiger partial charge in [0, 0.05) is 10.6 Å². The Morgan fingerprint density at radius 2 is 1.77 bits per heavy atom. The van der Waals surface area contributed by atoms with E-state index in [1.807, 2.05) is 12.1 Å². The number of aliphatic hydroxyl groups excluding tert-OH is 3. The quantitative estimate of drug-likeness (QED) is 0.243. The van der Waals surface area contributed by atoms with E-state index in [1.165, 1.54) is 29.6 Å². The maximum atomic E-state index is 13.6. The third kappa shape index (κ3) is 7.66. The minimum atomic E-state index is -1.58. The molecule has 0 amide bonds. The number of aliphatic hydroxyl groups is 3. The molecule has 3 rings (SSSR count). The molecule has 0 saturated heterocycles. The zero-order valence-electron chi connectivity index (χ0n) is 18.7. The van der Waals surface area contributed by atoms with Crippen molar-refractivity contribution < 1.29 is 33.2 Å². The lowest BCUT2D eigenvalue weighted by Crippen LogP contribution is -2.39. The molecule has 0 aliphatic rings. The molecule has 3 N–H and O–H groups in total. The average Bonchev–Trinajstić information content (AvgIpc) is 3.28. The highest BCUT2D eigenvalue weighted by Gasteiger charge is 2.27. The lowest BCUT2D eigenvalue weighted by molar-refractivity contribution is -0.0972. The first kappa shape index (κ1) is 27.4. The lowest BCUT2D eigenvalue weighted by Gasteiger charge is -2.28. The van der Waals surface area contributed by atoms with E-state index in [1.54, 1.807) is 12.1 Å². The predicted octanol–water partition coefficient (Wildman–Crippen LogP) is 3.44. The van der Waals surface area contributed by atoms with E-state index in [2.05, 4.69) is 10.3 Å². The van der Waals surface area contributed by atoms with Crippen molar-refractivity contribution in [2.45, 2.75) is 43.6 Å². The summed E-state index contributed by atoms with van der Waals surface area (Å²) in [5.74, 6) is -3.73. The third-order valence-electron chi connectivity index (χ3n) is 5.12. The van der Waals surface area contributed by atoms with Crippen LogP contribution in [0.25, 0.3) is 11.3 Å². The highest BCUT2D eigenvalue weighted by molar-refractivity contribution is 7.99. The van der Waals surface area contributed by atoms with Gasteiger partial charge in [0.2, 0.25) is 0 Å². The Morgan fingerprint density at radius 1 is 1.11 bits per heavy atom. The Morgan fingerprint density at radius 3 is 2.37 bits per heavy atom. The molecule has 3 aromatic rings. The monoisotopic (exact) mass is 531 g/mol. The molecule has 0 fully saturated rings. The van der Waals surface area contributed by atoms with Gasteiger partial charge in [0.25, 0.3) is 0 Å². The van der Waals surface area contributed by atoms with Gasteiger partial charge in [-0.15, -0.1) is 16.9 Å². The van der Waals surface area contributed by atoms with Gasteiger partial charge in [-0.3, -0.25) is 0 Å². The molecule has 0 bridgehead atoms. The first-order chi connectivity index (χ1) is 16.7. The first-order valence-corrected chi connectivity index (χ1v) is 12.1. The Kier molecular flexibility index (Phi) is 9.96. The first-order valence-electron chi connectivity index (χ1n) is 10.7. The number of thioether (sulfide) groups is 1. The maximum absolute atomic E-state index is 13.6. The fourth-order valence-electron chi connectivity index (χ4n) is 3.17. The Balaban J connectivity index is 1.69. The minimum absolute atomic E-state index is 0.0123. The number of aromatic nitrogens is 3. The van der Waals surface area contributed by atoms with Crippen LogP contribution < -0.4 is 0 Å². The smallest absolute Gasteiger partial charge is 0.194 e. The maximum Gasteiger partial charge on any atom is 0.194 e. The van der Waals surface area contributed by atoms with Crippen LogP contribution >= 0.6 is 23.4 Å². The van der Waals surface area contributed by atoms with Crippen molar-refractivity contribution in [3.8, 4) is 11.3 Å². The second-order valence-corrected chi connectivity index (χ2v) is 9.50. The fourth-order valence-corrected chi connectivity index (χ4v) is 4.41. The molecule has 35 heavy (non-hydrogen) atoms. The Hall–Kier alpha value is -2.15. The van der Waals surface area contributed by atoms with Crippen LogP contribution in [-0.2, 0) is 17.7 Å². The molecular weight excluding hydrogens is 507 g/mol. The molecule has 1 heterocycles. The zero-order valence-corrected chi connectivity index (χ0v) is 20.3. The molecule has 12 heteroatoms. The van der Waals surface area contributed by atoms with Crippen LogP contribution in [0, 0.1) is 17.5 Å². The summed E-state index contributed by atoms with van der Waals surface area (Å²) in [6.07, 6.45) is -1.04. The van der Waals surface area contributed by atoms with Crippen LogP contribution in [0.5, 0.6) is 0 Å². The van der Waals surface area contributed by atoms with Crippen molar-refractivity contribution in [1.29, 1.82) is 0 Å². The number of rotatable bonds is 12. The van der Waals surface area contributed by atoms with E-state index in [0.29, 0.717) is 17.2 Å². The van der Waals surface area contributed by atoms with E-state index >= 15 is 0 Å². The van der Waals surface area contributed by atoms with Crippen molar-refractivity contribution in [3.05, 3.63) is 70.6 Å². The standard InChI is InChI=1S/C23H25ClF3N3O4S/c1-13(32)21(12-31)34-23(35-7-6-14-2-4-16(24)5-3-14)20(33)11-30-10-19(28-29-30)15-8-17(25)22(27)18(26)9-15/h2-5,8-10,13,20-21,23,31-33H,6-7,11-12H2,1H3/t13-,20+,21?,23?/m1/s1. The fraction of sp³-hybridized carbons (Fsp3) is 0.391. The van der Waals surface area contributed by atoms with Gasteiger partial charge in [-0.1, -0.05) is 28.9 Å². The number of hydrogen-bond donors (Lipinski definition) is 3. The highest BCUT2D eigenvalue weighted by Crippen LogP contribution is 2.24. The van der Waals surface area contributed by atoms with Crippen molar-refractivity contribution >= 4 is 23.4 Å². The topological polar surface area (TPSA) is 101 Å². The SMILES string of the molecule is C[C@@H](O)C(CO)OC(SCCc1ccc(Cl)cc1)[C@@H](O)Cn1cc(-c2cc(F)c(F)c(F)c2)nn1.